The molecule has 1 aromatic rings. The van der Waals surface area contributed by atoms with Crippen LogP contribution in [0, 0.1) is 5.92 Å². The standard InChI is InChI=1S/C16H25N/c1-4-13-6-8-14(9-7-13)16(5-2)17-15-10-12(3)11-15/h6-9,12,15-17H,4-5,10-11H2,1-3H3. The number of rotatable bonds is 5. The largest absolute Gasteiger partial charge is 0.307 e. The molecule has 2 rings (SSSR count). The van der Waals surface area contributed by atoms with Crippen LogP contribution in [0.1, 0.15) is 57.2 Å². The Balaban J connectivity index is 1.96. The molecular weight excluding hydrogens is 206 g/mol. The second kappa shape index (κ2) is 5.68. The molecule has 1 aliphatic carbocycles. The highest BCUT2D eigenvalue weighted by Gasteiger charge is 2.27. The van der Waals surface area contributed by atoms with E-state index in [1.54, 1.807) is 0 Å². The molecule has 1 atom stereocenters. The number of nitrogens with one attached hydrogen (secondary N) is 1. The minimum atomic E-state index is 0.540. The van der Waals surface area contributed by atoms with Gasteiger partial charge in [0.25, 0.3) is 0 Å². The first kappa shape index (κ1) is 12.6. The third kappa shape index (κ3) is 3.10. The molecule has 1 aliphatic rings. The normalized spacial score (nSPS) is 25.4. The van der Waals surface area contributed by atoms with E-state index >= 15 is 0 Å². The van der Waals surface area contributed by atoms with E-state index in [-0.39, 0.29) is 0 Å². The van der Waals surface area contributed by atoms with E-state index in [1.165, 1.54) is 30.4 Å². The van der Waals surface area contributed by atoms with Crippen molar-refractivity contribution < 1.29 is 0 Å². The fourth-order valence-corrected chi connectivity index (χ4v) is 2.76. The molecule has 0 amide bonds. The molecule has 1 heteroatoms. The molecule has 94 valence electrons. The SMILES string of the molecule is CCc1ccc(C(CC)NC2CC(C)C2)cc1. The van der Waals surface area contributed by atoms with E-state index in [9.17, 15) is 0 Å². The van der Waals surface area contributed by atoms with Crippen LogP contribution in [-0.4, -0.2) is 6.04 Å². The maximum atomic E-state index is 3.79. The van der Waals surface area contributed by atoms with Crippen molar-refractivity contribution >= 4 is 0 Å². The van der Waals surface area contributed by atoms with Gasteiger partial charge in [0.15, 0.2) is 0 Å². The summed E-state index contributed by atoms with van der Waals surface area (Å²) in [7, 11) is 0. The third-order valence-corrected chi connectivity index (χ3v) is 4.01. The lowest BCUT2D eigenvalue weighted by atomic mass is 9.81. The topological polar surface area (TPSA) is 12.0 Å². The Labute approximate surface area is 106 Å². The quantitative estimate of drug-likeness (QED) is 0.805. The second-order valence-corrected chi connectivity index (χ2v) is 5.50. The molecule has 1 aromatic carbocycles. The summed E-state index contributed by atoms with van der Waals surface area (Å²) in [5.74, 6) is 0.924. The highest BCUT2D eigenvalue weighted by atomic mass is 15.0. The van der Waals surface area contributed by atoms with Crippen LogP contribution in [0.2, 0.25) is 0 Å². The van der Waals surface area contributed by atoms with Crippen molar-refractivity contribution in [2.75, 3.05) is 0 Å². The van der Waals surface area contributed by atoms with E-state index in [1.807, 2.05) is 0 Å². The Morgan fingerprint density at radius 2 is 1.82 bits per heavy atom. The monoisotopic (exact) mass is 231 g/mol. The Morgan fingerprint density at radius 1 is 1.18 bits per heavy atom. The lowest BCUT2D eigenvalue weighted by Crippen LogP contribution is -2.41. The summed E-state index contributed by atoms with van der Waals surface area (Å²) in [5, 5.41) is 3.79. The lowest BCUT2D eigenvalue weighted by Gasteiger charge is -2.36. The van der Waals surface area contributed by atoms with Gasteiger partial charge < -0.3 is 5.32 Å². The van der Waals surface area contributed by atoms with Crippen molar-refractivity contribution in [2.24, 2.45) is 5.92 Å². The van der Waals surface area contributed by atoms with Gasteiger partial charge in [-0.3, -0.25) is 0 Å². The summed E-state index contributed by atoms with van der Waals surface area (Å²) >= 11 is 0. The van der Waals surface area contributed by atoms with Gasteiger partial charge in [-0.15, -0.1) is 0 Å². The van der Waals surface area contributed by atoms with E-state index in [0.717, 1.165) is 18.4 Å². The van der Waals surface area contributed by atoms with Crippen molar-refractivity contribution in [1.82, 2.24) is 5.32 Å². The first-order valence-corrected chi connectivity index (χ1v) is 7.07. The molecule has 1 N–H and O–H groups in total. The summed E-state index contributed by atoms with van der Waals surface area (Å²) < 4.78 is 0. The van der Waals surface area contributed by atoms with Crippen molar-refractivity contribution in [3.8, 4) is 0 Å². The van der Waals surface area contributed by atoms with Crippen LogP contribution in [-0.2, 0) is 6.42 Å². The number of benzene rings is 1. The minimum absolute atomic E-state index is 0.540. The van der Waals surface area contributed by atoms with E-state index in [2.05, 4.69) is 50.4 Å². The van der Waals surface area contributed by atoms with Gasteiger partial charge in [0.05, 0.1) is 0 Å². The smallest absolute Gasteiger partial charge is 0.0320 e. The van der Waals surface area contributed by atoms with Crippen molar-refractivity contribution in [3.63, 3.8) is 0 Å². The predicted octanol–water partition coefficient (Wildman–Crippen LogP) is 4.09. The van der Waals surface area contributed by atoms with Crippen LogP contribution in [0.5, 0.6) is 0 Å². The maximum absolute atomic E-state index is 3.79. The van der Waals surface area contributed by atoms with Crippen molar-refractivity contribution in [3.05, 3.63) is 35.4 Å². The van der Waals surface area contributed by atoms with Crippen LogP contribution in [0.3, 0.4) is 0 Å². The van der Waals surface area contributed by atoms with Gasteiger partial charge in [-0.2, -0.15) is 0 Å². The molecule has 0 aliphatic heterocycles. The highest BCUT2D eigenvalue weighted by Crippen LogP contribution is 2.29. The van der Waals surface area contributed by atoms with E-state index < -0.39 is 0 Å². The Hall–Kier alpha value is -0.820. The van der Waals surface area contributed by atoms with Gasteiger partial charge in [-0.05, 0) is 42.7 Å². The number of hydrogen-bond donors (Lipinski definition) is 1. The van der Waals surface area contributed by atoms with Crippen molar-refractivity contribution in [2.45, 2.75) is 58.5 Å². The third-order valence-electron chi connectivity index (χ3n) is 4.01. The van der Waals surface area contributed by atoms with Gasteiger partial charge in [0, 0.05) is 12.1 Å². The molecule has 1 fully saturated rings. The molecule has 1 saturated carbocycles. The zero-order chi connectivity index (χ0) is 12.3. The zero-order valence-corrected chi connectivity index (χ0v) is 11.4. The maximum Gasteiger partial charge on any atom is 0.0320 e. The fraction of sp³-hybridized carbons (Fsp3) is 0.625. The summed E-state index contributed by atoms with van der Waals surface area (Å²) in [6.45, 7) is 6.82. The minimum Gasteiger partial charge on any atom is -0.307 e. The van der Waals surface area contributed by atoms with Crippen LogP contribution < -0.4 is 5.32 Å². The van der Waals surface area contributed by atoms with Gasteiger partial charge in [-0.1, -0.05) is 45.0 Å². The molecule has 0 heterocycles. The molecule has 0 spiro atoms. The summed E-state index contributed by atoms with van der Waals surface area (Å²) in [6, 6.07) is 10.4. The van der Waals surface area contributed by atoms with Gasteiger partial charge in [-0.25, -0.2) is 0 Å². The van der Waals surface area contributed by atoms with Crippen LogP contribution in [0.15, 0.2) is 24.3 Å². The van der Waals surface area contributed by atoms with Crippen molar-refractivity contribution in [1.29, 1.82) is 0 Å². The highest BCUT2D eigenvalue weighted by molar-refractivity contribution is 5.25. The second-order valence-electron chi connectivity index (χ2n) is 5.50. The molecule has 1 unspecified atom stereocenters. The molecular formula is C16H25N. The Bertz CT molecular complexity index is 335. The van der Waals surface area contributed by atoms with Crippen LogP contribution >= 0.6 is 0 Å². The van der Waals surface area contributed by atoms with Gasteiger partial charge in [0.1, 0.15) is 0 Å². The first-order valence-electron chi connectivity index (χ1n) is 7.07. The molecule has 0 aromatic heterocycles. The molecule has 1 nitrogen and oxygen atoms in total. The first-order chi connectivity index (χ1) is 8.22. The zero-order valence-electron chi connectivity index (χ0n) is 11.4. The molecule has 17 heavy (non-hydrogen) atoms. The van der Waals surface area contributed by atoms with Gasteiger partial charge in [0.2, 0.25) is 0 Å². The predicted molar refractivity (Wildman–Crippen MR) is 74.2 cm³/mol. The molecule has 0 bridgehead atoms. The lowest BCUT2D eigenvalue weighted by molar-refractivity contribution is 0.220. The number of aryl methyl sites for hydroxylation is 1. The van der Waals surface area contributed by atoms with Gasteiger partial charge >= 0.3 is 0 Å². The summed E-state index contributed by atoms with van der Waals surface area (Å²) in [5.41, 5.74) is 2.88. The Morgan fingerprint density at radius 3 is 2.29 bits per heavy atom. The average molecular weight is 231 g/mol. The van der Waals surface area contributed by atoms with E-state index in [0.29, 0.717) is 6.04 Å². The molecule has 0 saturated heterocycles. The van der Waals surface area contributed by atoms with E-state index in [4.69, 9.17) is 0 Å². The van der Waals surface area contributed by atoms with Crippen LogP contribution in [0.4, 0.5) is 0 Å². The fourth-order valence-electron chi connectivity index (χ4n) is 2.76. The Kier molecular flexibility index (Phi) is 4.22. The average Bonchev–Trinajstić information content (AvgIpc) is 2.33. The summed E-state index contributed by atoms with van der Waals surface area (Å²) in [6.07, 6.45) is 5.01. The van der Waals surface area contributed by atoms with Crippen LogP contribution in [0.25, 0.3) is 0 Å². The molecule has 0 radical (unpaired) electrons. The number of hydrogen-bond acceptors (Lipinski definition) is 1. The summed E-state index contributed by atoms with van der Waals surface area (Å²) in [4.78, 5) is 0.